The van der Waals surface area contributed by atoms with Gasteiger partial charge in [0, 0.05) is 22.0 Å². The summed E-state index contributed by atoms with van der Waals surface area (Å²) in [5.41, 5.74) is 2.58. The summed E-state index contributed by atoms with van der Waals surface area (Å²) in [6.45, 7) is 0.636. The Kier molecular flexibility index (Phi) is 4.95. The number of nitrogens with one attached hydrogen (secondary N) is 2. The van der Waals surface area contributed by atoms with Crippen LogP contribution in [0.15, 0.2) is 47.1 Å². The number of ether oxygens (including phenoxy) is 1. The quantitative estimate of drug-likeness (QED) is 0.895. The highest BCUT2D eigenvalue weighted by Crippen LogP contribution is 2.15. The van der Waals surface area contributed by atoms with E-state index in [9.17, 15) is 4.79 Å². The minimum Gasteiger partial charge on any atom is -0.453 e. The molecule has 2 N–H and O–H groups in total. The van der Waals surface area contributed by atoms with Gasteiger partial charge >= 0.3 is 6.09 Å². The second-order valence-electron chi connectivity index (χ2n) is 4.02. The van der Waals surface area contributed by atoms with Gasteiger partial charge in [0.15, 0.2) is 0 Å². The lowest BCUT2D eigenvalue weighted by atomic mass is 10.2. The second-order valence-corrected chi connectivity index (χ2v) is 4.93. The van der Waals surface area contributed by atoms with Crippen molar-refractivity contribution in [2.75, 3.05) is 17.7 Å². The molecule has 0 aliphatic heterocycles. The van der Waals surface area contributed by atoms with E-state index in [0.717, 1.165) is 15.9 Å². The molecule has 1 heterocycles. The summed E-state index contributed by atoms with van der Waals surface area (Å²) in [5, 5.41) is 5.85. The summed E-state index contributed by atoms with van der Waals surface area (Å²) in [7, 11) is 1.33. The number of halogens is 1. The first-order chi connectivity index (χ1) is 9.67. The monoisotopic (exact) mass is 335 g/mol. The van der Waals surface area contributed by atoms with Crippen molar-refractivity contribution in [3.8, 4) is 0 Å². The van der Waals surface area contributed by atoms with Gasteiger partial charge in [0.1, 0.15) is 0 Å². The first-order valence-corrected chi connectivity index (χ1v) is 6.76. The van der Waals surface area contributed by atoms with Crippen LogP contribution in [-0.2, 0) is 11.3 Å². The number of carbonyl (C=O) groups is 1. The maximum absolute atomic E-state index is 11.0. The van der Waals surface area contributed by atoms with Crippen molar-refractivity contribution in [2.45, 2.75) is 6.54 Å². The van der Waals surface area contributed by atoms with E-state index in [1.807, 2.05) is 24.3 Å². The topological polar surface area (TPSA) is 63.2 Å². The number of carbonyl (C=O) groups excluding carboxylic acids is 1. The van der Waals surface area contributed by atoms with Crippen molar-refractivity contribution in [3.63, 3.8) is 0 Å². The van der Waals surface area contributed by atoms with Crippen LogP contribution in [0.2, 0.25) is 0 Å². The Morgan fingerprint density at radius 2 is 1.90 bits per heavy atom. The molecule has 2 rings (SSSR count). The molecule has 1 aromatic heterocycles. The van der Waals surface area contributed by atoms with E-state index in [1.165, 1.54) is 7.11 Å². The second kappa shape index (κ2) is 6.91. The molecular formula is C14H14BrN3O2. The van der Waals surface area contributed by atoms with Gasteiger partial charge in [-0.1, -0.05) is 0 Å². The summed E-state index contributed by atoms with van der Waals surface area (Å²) in [6.07, 6.45) is 1.28. The van der Waals surface area contributed by atoms with Gasteiger partial charge in [0.2, 0.25) is 0 Å². The molecule has 5 nitrogen and oxygen atoms in total. The molecule has 0 saturated carbocycles. The Hall–Kier alpha value is -2.08. The Balaban J connectivity index is 1.90. The first kappa shape index (κ1) is 14.3. The van der Waals surface area contributed by atoms with Gasteiger partial charge in [-0.2, -0.15) is 0 Å². The van der Waals surface area contributed by atoms with E-state index in [1.54, 1.807) is 18.3 Å². The van der Waals surface area contributed by atoms with Crippen LogP contribution in [0.3, 0.4) is 0 Å². The lowest BCUT2D eigenvalue weighted by Gasteiger charge is -2.08. The molecule has 0 atom stereocenters. The van der Waals surface area contributed by atoms with Crippen LogP contribution in [0.25, 0.3) is 0 Å². The van der Waals surface area contributed by atoms with E-state index < -0.39 is 6.09 Å². The van der Waals surface area contributed by atoms with E-state index in [2.05, 4.69) is 36.3 Å². The normalized spacial score (nSPS) is 9.90. The molecule has 0 bridgehead atoms. The average molecular weight is 336 g/mol. The number of nitrogens with zero attached hydrogens (tertiary/aromatic N) is 1. The molecule has 6 heteroatoms. The molecular weight excluding hydrogens is 322 g/mol. The lowest BCUT2D eigenvalue weighted by molar-refractivity contribution is 0.187. The van der Waals surface area contributed by atoms with Crippen LogP contribution in [0.5, 0.6) is 0 Å². The smallest absolute Gasteiger partial charge is 0.411 e. The van der Waals surface area contributed by atoms with Crippen molar-refractivity contribution < 1.29 is 9.53 Å². The largest absolute Gasteiger partial charge is 0.453 e. The van der Waals surface area contributed by atoms with Crippen LogP contribution in [-0.4, -0.2) is 18.2 Å². The maximum Gasteiger partial charge on any atom is 0.411 e. The molecule has 0 aliphatic carbocycles. The molecule has 0 saturated heterocycles. The fourth-order valence-corrected chi connectivity index (χ4v) is 1.78. The van der Waals surface area contributed by atoms with Crippen LogP contribution in [0, 0.1) is 0 Å². The van der Waals surface area contributed by atoms with E-state index in [0.29, 0.717) is 12.2 Å². The van der Waals surface area contributed by atoms with Crippen molar-refractivity contribution in [3.05, 3.63) is 52.8 Å². The van der Waals surface area contributed by atoms with Gasteiger partial charge in [0.25, 0.3) is 0 Å². The number of hydrogen-bond acceptors (Lipinski definition) is 4. The highest BCUT2D eigenvalue weighted by Gasteiger charge is 2.00. The number of rotatable bonds is 4. The van der Waals surface area contributed by atoms with Crippen LogP contribution in [0.4, 0.5) is 16.2 Å². The van der Waals surface area contributed by atoms with Crippen molar-refractivity contribution in [1.29, 1.82) is 0 Å². The zero-order valence-corrected chi connectivity index (χ0v) is 12.5. The molecule has 2 aromatic rings. The Morgan fingerprint density at radius 1 is 1.20 bits per heavy atom. The van der Waals surface area contributed by atoms with Crippen molar-refractivity contribution >= 4 is 33.4 Å². The standard InChI is InChI=1S/C14H14BrN3O2/c1-20-14(19)18-12-6-4-11(5-7-12)17-9-13-3-2-10(15)8-16-13/h2-8,17H,9H2,1H3,(H,18,19). The number of hydrogen-bond donors (Lipinski definition) is 2. The summed E-state index contributed by atoms with van der Waals surface area (Å²) in [4.78, 5) is 15.3. The first-order valence-electron chi connectivity index (χ1n) is 5.97. The minimum absolute atomic E-state index is 0.482. The predicted octanol–water partition coefficient (Wildman–Crippen LogP) is 3.63. The Labute approximate surface area is 125 Å². The van der Waals surface area contributed by atoms with Gasteiger partial charge in [-0.15, -0.1) is 0 Å². The molecule has 104 valence electrons. The molecule has 1 aromatic carbocycles. The van der Waals surface area contributed by atoms with Gasteiger partial charge in [-0.3, -0.25) is 10.3 Å². The van der Waals surface area contributed by atoms with Gasteiger partial charge < -0.3 is 10.1 Å². The number of methoxy groups -OCH3 is 1. The number of benzene rings is 1. The van der Waals surface area contributed by atoms with Gasteiger partial charge in [0.05, 0.1) is 19.3 Å². The molecule has 0 unspecified atom stereocenters. The van der Waals surface area contributed by atoms with E-state index in [4.69, 9.17) is 0 Å². The number of pyridine rings is 1. The SMILES string of the molecule is COC(=O)Nc1ccc(NCc2ccc(Br)cn2)cc1. The molecule has 0 aliphatic rings. The zero-order valence-electron chi connectivity index (χ0n) is 10.9. The number of amides is 1. The highest BCUT2D eigenvalue weighted by molar-refractivity contribution is 9.10. The molecule has 0 radical (unpaired) electrons. The number of aromatic nitrogens is 1. The third kappa shape index (κ3) is 4.24. The van der Waals surface area contributed by atoms with E-state index in [-0.39, 0.29) is 0 Å². The van der Waals surface area contributed by atoms with Crippen LogP contribution < -0.4 is 10.6 Å². The summed E-state index contributed by atoms with van der Waals surface area (Å²) in [6, 6.07) is 11.3. The molecule has 20 heavy (non-hydrogen) atoms. The Morgan fingerprint density at radius 3 is 2.50 bits per heavy atom. The van der Waals surface area contributed by atoms with Gasteiger partial charge in [-0.25, -0.2) is 4.79 Å². The maximum atomic E-state index is 11.0. The highest BCUT2D eigenvalue weighted by atomic mass is 79.9. The number of anilines is 2. The third-order valence-corrected chi connectivity index (χ3v) is 3.05. The Bertz CT molecular complexity index is 570. The molecule has 0 spiro atoms. The average Bonchev–Trinajstić information content (AvgIpc) is 2.48. The summed E-state index contributed by atoms with van der Waals surface area (Å²) >= 11 is 3.35. The van der Waals surface area contributed by atoms with Crippen molar-refractivity contribution in [2.24, 2.45) is 0 Å². The van der Waals surface area contributed by atoms with Crippen LogP contribution in [0.1, 0.15) is 5.69 Å². The van der Waals surface area contributed by atoms with Crippen molar-refractivity contribution in [1.82, 2.24) is 4.98 Å². The van der Waals surface area contributed by atoms with Gasteiger partial charge in [-0.05, 0) is 52.3 Å². The zero-order chi connectivity index (χ0) is 14.4. The third-order valence-electron chi connectivity index (χ3n) is 2.58. The fourth-order valence-electron chi connectivity index (χ4n) is 1.54. The van der Waals surface area contributed by atoms with E-state index >= 15 is 0 Å². The van der Waals surface area contributed by atoms with Crippen LogP contribution >= 0.6 is 15.9 Å². The predicted molar refractivity (Wildman–Crippen MR) is 81.7 cm³/mol. The molecule has 0 fully saturated rings. The lowest BCUT2D eigenvalue weighted by Crippen LogP contribution is -2.10. The molecule has 1 amide bonds. The minimum atomic E-state index is -0.482. The summed E-state index contributed by atoms with van der Waals surface area (Å²) in [5.74, 6) is 0. The summed E-state index contributed by atoms with van der Waals surface area (Å²) < 4.78 is 5.48. The fraction of sp³-hybridized carbons (Fsp3) is 0.143.